The van der Waals surface area contributed by atoms with E-state index in [1.165, 1.54) is 0 Å². The van der Waals surface area contributed by atoms with E-state index in [1.807, 2.05) is 6.92 Å². The van der Waals surface area contributed by atoms with Crippen LogP contribution in [-0.4, -0.2) is 19.0 Å². The summed E-state index contributed by atoms with van der Waals surface area (Å²) in [5.74, 6) is 5.17. The maximum Gasteiger partial charge on any atom is 0.145 e. The van der Waals surface area contributed by atoms with Crippen LogP contribution in [0.1, 0.15) is 13.3 Å². The highest BCUT2D eigenvalue weighted by Gasteiger charge is 1.88. The molecule has 0 aliphatic carbocycles. The Morgan fingerprint density at radius 2 is 2.33 bits per heavy atom. The molecule has 0 heterocycles. The van der Waals surface area contributed by atoms with E-state index in [0.717, 1.165) is 6.42 Å². The van der Waals surface area contributed by atoms with Crippen LogP contribution >= 0.6 is 0 Å². The molecule has 4 N–H and O–H groups in total. The minimum absolute atomic E-state index is 0.337. The summed E-state index contributed by atoms with van der Waals surface area (Å²) in [6.45, 7) is 3.07. The molecule has 0 amide bonds. The number of ether oxygens (including phenoxy) is 1. The highest BCUT2D eigenvalue weighted by Crippen LogP contribution is 1.78. The average molecular weight is 131 g/mol. The Labute approximate surface area is 54.9 Å². The van der Waals surface area contributed by atoms with Gasteiger partial charge in [0.15, 0.2) is 0 Å². The zero-order valence-corrected chi connectivity index (χ0v) is 5.63. The third kappa shape index (κ3) is 5.10. The van der Waals surface area contributed by atoms with Gasteiger partial charge in [-0.2, -0.15) is 5.10 Å². The molecule has 0 aliphatic heterocycles. The van der Waals surface area contributed by atoms with Gasteiger partial charge in [-0.1, -0.05) is 6.92 Å². The van der Waals surface area contributed by atoms with Crippen LogP contribution in [0.5, 0.6) is 0 Å². The summed E-state index contributed by atoms with van der Waals surface area (Å²) in [6, 6.07) is 0. The van der Waals surface area contributed by atoms with Crippen LogP contribution in [-0.2, 0) is 4.74 Å². The van der Waals surface area contributed by atoms with Crippen molar-refractivity contribution in [3.63, 3.8) is 0 Å². The van der Waals surface area contributed by atoms with Crippen molar-refractivity contribution < 1.29 is 4.74 Å². The molecule has 0 aromatic heterocycles. The van der Waals surface area contributed by atoms with Crippen LogP contribution in [0.3, 0.4) is 0 Å². The van der Waals surface area contributed by atoms with Gasteiger partial charge in [0, 0.05) is 6.61 Å². The fraction of sp³-hybridized carbons (Fsp3) is 0.800. The lowest BCUT2D eigenvalue weighted by atomic mass is 10.5. The van der Waals surface area contributed by atoms with Crippen molar-refractivity contribution in [3.8, 4) is 0 Å². The fourth-order valence-electron chi connectivity index (χ4n) is 0.358. The molecular weight excluding hydrogens is 118 g/mol. The maximum absolute atomic E-state index is 5.21. The largest absolute Gasteiger partial charge is 0.384 e. The van der Waals surface area contributed by atoms with Crippen LogP contribution in [0.2, 0.25) is 0 Å². The lowest BCUT2D eigenvalue weighted by Crippen LogP contribution is -2.20. The lowest BCUT2D eigenvalue weighted by molar-refractivity contribution is 0.171. The molecule has 0 radical (unpaired) electrons. The summed E-state index contributed by atoms with van der Waals surface area (Å²) in [4.78, 5) is 0. The first kappa shape index (κ1) is 8.23. The van der Waals surface area contributed by atoms with Crippen LogP contribution < -0.4 is 11.6 Å². The highest BCUT2D eigenvalue weighted by atomic mass is 16.5. The second-order valence-electron chi connectivity index (χ2n) is 1.67. The molecule has 4 heteroatoms. The topological polar surface area (TPSA) is 73.6 Å². The number of nitrogens with two attached hydrogens (primary N) is 2. The van der Waals surface area contributed by atoms with Crippen molar-refractivity contribution in [2.24, 2.45) is 16.7 Å². The summed E-state index contributed by atoms with van der Waals surface area (Å²) in [7, 11) is 0. The van der Waals surface area contributed by atoms with E-state index < -0.39 is 0 Å². The Morgan fingerprint density at radius 3 is 2.78 bits per heavy atom. The Balaban J connectivity index is 3.07. The van der Waals surface area contributed by atoms with Crippen LogP contribution in [0.25, 0.3) is 0 Å². The molecule has 0 bridgehead atoms. The number of hydrogen-bond donors (Lipinski definition) is 2. The Bertz CT molecular complexity index is 92.2. The van der Waals surface area contributed by atoms with Gasteiger partial charge in [-0.05, 0) is 6.42 Å². The van der Waals surface area contributed by atoms with Gasteiger partial charge in [-0.25, -0.2) is 0 Å². The van der Waals surface area contributed by atoms with Crippen LogP contribution in [0.15, 0.2) is 5.10 Å². The van der Waals surface area contributed by atoms with Crippen molar-refractivity contribution in [2.75, 3.05) is 13.2 Å². The third-order valence-electron chi connectivity index (χ3n) is 0.764. The van der Waals surface area contributed by atoms with Crippen molar-refractivity contribution >= 4 is 5.84 Å². The van der Waals surface area contributed by atoms with E-state index in [0.29, 0.717) is 19.0 Å². The molecule has 0 spiro atoms. The lowest BCUT2D eigenvalue weighted by Gasteiger charge is -1.98. The van der Waals surface area contributed by atoms with Crippen molar-refractivity contribution in [3.05, 3.63) is 0 Å². The van der Waals surface area contributed by atoms with Gasteiger partial charge < -0.3 is 16.3 Å². The predicted octanol–water partition coefficient (Wildman–Crippen LogP) is -0.356. The highest BCUT2D eigenvalue weighted by molar-refractivity contribution is 5.81. The zero-order valence-electron chi connectivity index (χ0n) is 5.63. The van der Waals surface area contributed by atoms with Gasteiger partial charge in [0.25, 0.3) is 0 Å². The van der Waals surface area contributed by atoms with E-state index in [9.17, 15) is 0 Å². The summed E-state index contributed by atoms with van der Waals surface area (Å²) in [5, 5.41) is 3.23. The first-order valence-electron chi connectivity index (χ1n) is 2.91. The first-order chi connectivity index (χ1) is 4.31. The minimum atomic E-state index is 0.337. The monoisotopic (exact) mass is 131 g/mol. The molecule has 54 valence electrons. The van der Waals surface area contributed by atoms with E-state index in [1.54, 1.807) is 0 Å². The first-order valence-corrected chi connectivity index (χ1v) is 2.91. The summed E-state index contributed by atoms with van der Waals surface area (Å²) >= 11 is 0. The normalized spacial score (nSPS) is 11.9. The summed E-state index contributed by atoms with van der Waals surface area (Å²) in [5.41, 5.74) is 5.21. The number of hydrazone groups is 1. The van der Waals surface area contributed by atoms with E-state index in [4.69, 9.17) is 16.3 Å². The predicted molar refractivity (Wildman–Crippen MR) is 36.9 cm³/mol. The maximum atomic E-state index is 5.21. The second kappa shape index (κ2) is 5.37. The Kier molecular flexibility index (Phi) is 4.91. The molecule has 0 rings (SSSR count). The molecule has 0 unspecified atom stereocenters. The molecule has 0 atom stereocenters. The fourth-order valence-corrected chi connectivity index (χ4v) is 0.358. The molecule has 0 aliphatic rings. The Morgan fingerprint density at radius 1 is 1.67 bits per heavy atom. The van der Waals surface area contributed by atoms with Gasteiger partial charge in [-0.3, -0.25) is 0 Å². The number of amidine groups is 1. The molecule has 0 saturated carbocycles. The average Bonchev–Trinajstić information content (AvgIpc) is 1.89. The van der Waals surface area contributed by atoms with Gasteiger partial charge in [-0.15, -0.1) is 0 Å². The number of rotatable bonds is 4. The van der Waals surface area contributed by atoms with Gasteiger partial charge in [0.2, 0.25) is 0 Å². The van der Waals surface area contributed by atoms with Crippen molar-refractivity contribution in [1.29, 1.82) is 0 Å². The smallest absolute Gasteiger partial charge is 0.145 e. The molecule has 0 aromatic rings. The summed E-state index contributed by atoms with van der Waals surface area (Å²) < 4.78 is 5.00. The van der Waals surface area contributed by atoms with E-state index >= 15 is 0 Å². The standard InChI is InChI=1S/C5H13N3O/c1-2-3-9-4-5(6)8-7/h2-4,7H2,1H3,(H2,6,8). The van der Waals surface area contributed by atoms with Gasteiger partial charge in [0.05, 0.1) is 0 Å². The minimum Gasteiger partial charge on any atom is -0.384 e. The summed E-state index contributed by atoms with van der Waals surface area (Å²) in [6.07, 6.45) is 0.984. The number of hydrogen-bond acceptors (Lipinski definition) is 3. The SMILES string of the molecule is CCCOC/C(N)=N/N. The molecule has 0 aromatic carbocycles. The molecule has 0 saturated heterocycles. The van der Waals surface area contributed by atoms with Crippen molar-refractivity contribution in [2.45, 2.75) is 13.3 Å². The van der Waals surface area contributed by atoms with Crippen LogP contribution in [0, 0.1) is 0 Å². The van der Waals surface area contributed by atoms with Gasteiger partial charge in [0.1, 0.15) is 12.4 Å². The molecular formula is C5H13N3O. The third-order valence-corrected chi connectivity index (χ3v) is 0.764. The van der Waals surface area contributed by atoms with E-state index in [2.05, 4.69) is 5.10 Å². The molecule has 0 fully saturated rings. The second-order valence-corrected chi connectivity index (χ2v) is 1.67. The molecule has 4 nitrogen and oxygen atoms in total. The zero-order chi connectivity index (χ0) is 7.11. The van der Waals surface area contributed by atoms with Crippen LogP contribution in [0.4, 0.5) is 0 Å². The Hall–Kier alpha value is -0.770. The quantitative estimate of drug-likeness (QED) is 0.180. The number of nitrogens with zero attached hydrogens (tertiary/aromatic N) is 1. The molecule has 9 heavy (non-hydrogen) atoms. The van der Waals surface area contributed by atoms with Gasteiger partial charge >= 0.3 is 0 Å². The van der Waals surface area contributed by atoms with E-state index in [-0.39, 0.29) is 0 Å². The van der Waals surface area contributed by atoms with Crippen molar-refractivity contribution in [1.82, 2.24) is 0 Å².